The van der Waals surface area contributed by atoms with Crippen molar-refractivity contribution in [3.05, 3.63) is 12.2 Å². The van der Waals surface area contributed by atoms with E-state index in [0.29, 0.717) is 5.57 Å². The van der Waals surface area contributed by atoms with E-state index in [9.17, 15) is 9.90 Å². The van der Waals surface area contributed by atoms with E-state index in [4.69, 9.17) is 0 Å². The molecule has 29 heavy (non-hydrogen) atoms. The number of rotatable bonds is 22. The molecule has 0 fully saturated rings. The van der Waals surface area contributed by atoms with Crippen LogP contribution in [0, 0.1) is 5.92 Å². The molecule has 0 aliphatic rings. The van der Waals surface area contributed by atoms with Gasteiger partial charge in [0.1, 0.15) is 0 Å². The largest absolute Gasteiger partial charge is 0.478 e. The predicted molar refractivity (Wildman–Crippen MR) is 128 cm³/mol. The van der Waals surface area contributed by atoms with Crippen LogP contribution in [0.1, 0.15) is 122 Å². The number of hydrogen-bond donors (Lipinski definition) is 1. The lowest BCUT2D eigenvalue weighted by Crippen LogP contribution is -2.20. The zero-order chi connectivity index (χ0) is 21.7. The summed E-state index contributed by atoms with van der Waals surface area (Å²) in [6.45, 7) is 7.01. The maximum Gasteiger partial charge on any atom is 0.331 e. The molecule has 1 unspecified atom stereocenters. The van der Waals surface area contributed by atoms with E-state index in [1.165, 1.54) is 96.3 Å². The standard InChI is InChI=1S/C26H51NO2/c1-5-6-7-8-9-10-11-12-13-14-15-16-17-18-19-20-21-25(22-23-27(3)4)24(2)26(28)29/h25H,2,5-23H2,1,3-4H3,(H,28,29). The van der Waals surface area contributed by atoms with E-state index in [0.717, 1.165) is 25.8 Å². The molecule has 1 atom stereocenters. The first-order chi connectivity index (χ1) is 14.0. The second-order valence-corrected chi connectivity index (χ2v) is 9.21. The molecule has 0 aliphatic heterocycles. The van der Waals surface area contributed by atoms with Gasteiger partial charge in [0.15, 0.2) is 0 Å². The Morgan fingerprint density at radius 1 is 0.724 bits per heavy atom. The van der Waals surface area contributed by atoms with Crippen molar-refractivity contribution in [1.82, 2.24) is 4.90 Å². The van der Waals surface area contributed by atoms with Crippen LogP contribution >= 0.6 is 0 Å². The third-order valence-corrected chi connectivity index (χ3v) is 6.10. The minimum absolute atomic E-state index is 0.126. The summed E-state index contributed by atoms with van der Waals surface area (Å²) in [5.41, 5.74) is 0.396. The van der Waals surface area contributed by atoms with E-state index in [2.05, 4.69) is 18.4 Å². The normalized spacial score (nSPS) is 12.4. The number of aliphatic carboxylic acids is 1. The molecular formula is C26H51NO2. The van der Waals surface area contributed by atoms with Crippen molar-refractivity contribution in [3.8, 4) is 0 Å². The fraction of sp³-hybridized carbons (Fsp3) is 0.885. The van der Waals surface area contributed by atoms with E-state index >= 15 is 0 Å². The maximum atomic E-state index is 11.2. The van der Waals surface area contributed by atoms with Gasteiger partial charge in [-0.2, -0.15) is 0 Å². The minimum Gasteiger partial charge on any atom is -0.478 e. The molecule has 0 aromatic rings. The number of carboxylic acids is 1. The van der Waals surface area contributed by atoms with Gasteiger partial charge in [0.2, 0.25) is 0 Å². The Balaban J connectivity index is 3.49. The van der Waals surface area contributed by atoms with Gasteiger partial charge in [0, 0.05) is 5.57 Å². The monoisotopic (exact) mass is 409 g/mol. The van der Waals surface area contributed by atoms with E-state index in [1.807, 2.05) is 14.1 Å². The molecule has 3 nitrogen and oxygen atoms in total. The molecule has 0 bridgehead atoms. The topological polar surface area (TPSA) is 40.5 Å². The first-order valence-electron chi connectivity index (χ1n) is 12.6. The van der Waals surface area contributed by atoms with Gasteiger partial charge in [-0.15, -0.1) is 0 Å². The average molecular weight is 410 g/mol. The summed E-state index contributed by atoms with van der Waals surface area (Å²) in [5, 5.41) is 9.24. The summed E-state index contributed by atoms with van der Waals surface area (Å²) < 4.78 is 0. The van der Waals surface area contributed by atoms with Crippen LogP contribution in [-0.2, 0) is 4.79 Å². The Bertz CT molecular complexity index is 392. The average Bonchev–Trinajstić information content (AvgIpc) is 2.69. The lowest BCUT2D eigenvalue weighted by atomic mass is 9.90. The second kappa shape index (κ2) is 20.4. The van der Waals surface area contributed by atoms with Crippen LogP contribution in [0.15, 0.2) is 12.2 Å². The molecule has 0 spiro atoms. The van der Waals surface area contributed by atoms with Crippen molar-refractivity contribution in [1.29, 1.82) is 0 Å². The molecular weight excluding hydrogens is 358 g/mol. The summed E-state index contributed by atoms with van der Waals surface area (Å²) in [7, 11) is 4.07. The fourth-order valence-electron chi connectivity index (χ4n) is 4.02. The summed E-state index contributed by atoms with van der Waals surface area (Å²) >= 11 is 0. The third-order valence-electron chi connectivity index (χ3n) is 6.10. The van der Waals surface area contributed by atoms with Crippen molar-refractivity contribution in [3.63, 3.8) is 0 Å². The number of carboxylic acid groups (broad SMARTS) is 1. The SMILES string of the molecule is C=C(C(=O)O)C(CCCCCCCCCCCCCCCCCC)CCN(C)C. The number of nitrogens with zero attached hydrogens (tertiary/aromatic N) is 1. The highest BCUT2D eigenvalue weighted by molar-refractivity contribution is 5.86. The molecule has 0 aliphatic carbocycles. The van der Waals surface area contributed by atoms with Gasteiger partial charge >= 0.3 is 5.97 Å². The first-order valence-corrected chi connectivity index (χ1v) is 12.6. The predicted octanol–water partition coefficient (Wildman–Crippen LogP) is 7.85. The Morgan fingerprint density at radius 2 is 1.10 bits per heavy atom. The molecule has 0 amide bonds. The Kier molecular flexibility index (Phi) is 19.9. The maximum absolute atomic E-state index is 11.2. The van der Waals surface area contributed by atoms with Crippen LogP contribution in [0.4, 0.5) is 0 Å². The zero-order valence-electron chi connectivity index (χ0n) is 20.0. The molecule has 0 radical (unpaired) electrons. The number of unbranched alkanes of at least 4 members (excludes halogenated alkanes) is 15. The molecule has 0 heterocycles. The van der Waals surface area contributed by atoms with Crippen LogP contribution in [0.2, 0.25) is 0 Å². The number of hydrogen-bond acceptors (Lipinski definition) is 2. The Morgan fingerprint density at radius 3 is 1.45 bits per heavy atom. The quantitative estimate of drug-likeness (QED) is 0.146. The Labute approximate surface area is 182 Å². The lowest BCUT2D eigenvalue weighted by molar-refractivity contribution is -0.133. The third kappa shape index (κ3) is 18.9. The van der Waals surface area contributed by atoms with E-state index in [-0.39, 0.29) is 5.92 Å². The van der Waals surface area contributed by atoms with Crippen LogP contribution < -0.4 is 0 Å². The van der Waals surface area contributed by atoms with Gasteiger partial charge in [0.05, 0.1) is 0 Å². The molecule has 0 rings (SSSR count). The van der Waals surface area contributed by atoms with E-state index in [1.54, 1.807) is 0 Å². The zero-order valence-corrected chi connectivity index (χ0v) is 20.0. The Hall–Kier alpha value is -0.830. The molecule has 0 saturated heterocycles. The van der Waals surface area contributed by atoms with E-state index < -0.39 is 5.97 Å². The highest BCUT2D eigenvalue weighted by Gasteiger charge is 2.18. The van der Waals surface area contributed by atoms with Crippen molar-refractivity contribution in [2.24, 2.45) is 5.92 Å². The van der Waals surface area contributed by atoms with Crippen molar-refractivity contribution in [2.75, 3.05) is 20.6 Å². The van der Waals surface area contributed by atoms with Crippen LogP contribution in [0.3, 0.4) is 0 Å². The summed E-state index contributed by atoms with van der Waals surface area (Å²) in [6.07, 6.45) is 23.8. The van der Waals surface area contributed by atoms with Gasteiger partial charge in [0.25, 0.3) is 0 Å². The van der Waals surface area contributed by atoms with Crippen LogP contribution in [0.5, 0.6) is 0 Å². The highest BCUT2D eigenvalue weighted by atomic mass is 16.4. The lowest BCUT2D eigenvalue weighted by Gasteiger charge is -2.19. The molecule has 1 N–H and O–H groups in total. The van der Waals surface area contributed by atoms with Crippen LogP contribution in [0.25, 0.3) is 0 Å². The van der Waals surface area contributed by atoms with Crippen molar-refractivity contribution >= 4 is 5.97 Å². The minimum atomic E-state index is -0.828. The first kappa shape index (κ1) is 28.2. The van der Waals surface area contributed by atoms with Crippen LogP contribution in [-0.4, -0.2) is 36.6 Å². The van der Waals surface area contributed by atoms with Gasteiger partial charge in [-0.1, -0.05) is 116 Å². The van der Waals surface area contributed by atoms with Crippen molar-refractivity contribution < 1.29 is 9.90 Å². The molecule has 172 valence electrons. The van der Waals surface area contributed by atoms with Gasteiger partial charge in [-0.25, -0.2) is 4.79 Å². The summed E-state index contributed by atoms with van der Waals surface area (Å²) in [5.74, 6) is -0.702. The summed E-state index contributed by atoms with van der Waals surface area (Å²) in [6, 6.07) is 0. The van der Waals surface area contributed by atoms with Gasteiger partial charge in [-0.05, 0) is 39.4 Å². The van der Waals surface area contributed by atoms with Gasteiger partial charge < -0.3 is 10.0 Å². The molecule has 0 aromatic heterocycles. The smallest absolute Gasteiger partial charge is 0.331 e. The molecule has 3 heteroatoms. The highest BCUT2D eigenvalue weighted by Crippen LogP contribution is 2.22. The fourth-order valence-corrected chi connectivity index (χ4v) is 4.02. The molecule has 0 aromatic carbocycles. The summed E-state index contributed by atoms with van der Waals surface area (Å²) in [4.78, 5) is 13.4. The molecule has 0 saturated carbocycles. The van der Waals surface area contributed by atoms with Gasteiger partial charge in [-0.3, -0.25) is 0 Å². The second-order valence-electron chi connectivity index (χ2n) is 9.21. The number of carbonyl (C=O) groups is 1. The van der Waals surface area contributed by atoms with Crippen molar-refractivity contribution in [2.45, 2.75) is 122 Å².